The van der Waals surface area contributed by atoms with Crippen LogP contribution >= 0.6 is 23.2 Å². The van der Waals surface area contributed by atoms with Crippen molar-refractivity contribution in [2.24, 2.45) is 0 Å². The van der Waals surface area contributed by atoms with Crippen molar-refractivity contribution in [2.75, 3.05) is 0 Å². The van der Waals surface area contributed by atoms with E-state index in [1.54, 1.807) is 41.5 Å². The van der Waals surface area contributed by atoms with Gasteiger partial charge >= 0.3 is 0 Å². The largest absolute Gasteiger partial charge is 0.242 e. The lowest BCUT2D eigenvalue weighted by molar-refractivity contribution is 0.581. The quantitative estimate of drug-likeness (QED) is 0.735. The number of sulfonamides is 1. The monoisotopic (exact) mass is 382 g/mol. The number of benzene rings is 1. The van der Waals surface area contributed by atoms with E-state index in [1.165, 1.54) is 18.2 Å². The predicted octanol–water partition coefficient (Wildman–Crippen LogP) is 3.05. The van der Waals surface area contributed by atoms with Gasteiger partial charge in [-0.25, -0.2) is 22.8 Å². The summed E-state index contributed by atoms with van der Waals surface area (Å²) in [4.78, 5) is 4.19. The molecule has 0 fully saturated rings. The molecule has 2 heterocycles. The lowest BCUT2D eigenvalue weighted by atomic mass is 10.3. The fraction of sp³-hybridized carbons (Fsp3) is 0.0667. The van der Waals surface area contributed by atoms with Crippen molar-refractivity contribution in [2.45, 2.75) is 11.4 Å². The van der Waals surface area contributed by atoms with E-state index < -0.39 is 10.0 Å². The van der Waals surface area contributed by atoms with Gasteiger partial charge < -0.3 is 0 Å². The minimum Gasteiger partial charge on any atom is -0.237 e. The van der Waals surface area contributed by atoms with E-state index in [2.05, 4.69) is 14.8 Å². The van der Waals surface area contributed by atoms with Gasteiger partial charge in [-0.3, -0.25) is 0 Å². The Balaban J connectivity index is 1.74. The molecule has 124 valence electrons. The molecule has 0 saturated carbocycles. The molecule has 1 aromatic carbocycles. The normalized spacial score (nSPS) is 11.6. The highest BCUT2D eigenvalue weighted by atomic mass is 35.5. The SMILES string of the molecule is O=S(=O)(NCc1ccc(-n2cccn2)nc1)c1cc(Cl)ccc1Cl. The number of hydrogen-bond donors (Lipinski definition) is 1. The van der Waals surface area contributed by atoms with Crippen LogP contribution in [-0.2, 0) is 16.6 Å². The van der Waals surface area contributed by atoms with Crippen LogP contribution in [0.2, 0.25) is 10.0 Å². The van der Waals surface area contributed by atoms with Crippen LogP contribution in [0.4, 0.5) is 0 Å². The van der Waals surface area contributed by atoms with E-state index in [-0.39, 0.29) is 16.5 Å². The first-order valence-electron chi connectivity index (χ1n) is 6.85. The van der Waals surface area contributed by atoms with Gasteiger partial charge in [0.2, 0.25) is 10.0 Å². The van der Waals surface area contributed by atoms with Crippen molar-refractivity contribution in [3.8, 4) is 5.82 Å². The number of aromatic nitrogens is 3. The van der Waals surface area contributed by atoms with Gasteiger partial charge in [-0.1, -0.05) is 29.3 Å². The molecule has 3 rings (SSSR count). The second-order valence-corrected chi connectivity index (χ2v) is 7.45. The van der Waals surface area contributed by atoms with Gasteiger partial charge in [0.1, 0.15) is 4.90 Å². The van der Waals surface area contributed by atoms with Crippen molar-refractivity contribution in [1.29, 1.82) is 0 Å². The topological polar surface area (TPSA) is 76.9 Å². The van der Waals surface area contributed by atoms with Crippen LogP contribution in [0.15, 0.2) is 59.9 Å². The van der Waals surface area contributed by atoms with E-state index in [9.17, 15) is 8.42 Å². The third kappa shape index (κ3) is 3.76. The molecule has 1 N–H and O–H groups in total. The summed E-state index contributed by atoms with van der Waals surface area (Å²) < 4.78 is 28.8. The molecule has 0 unspecified atom stereocenters. The number of hydrogen-bond acceptors (Lipinski definition) is 4. The van der Waals surface area contributed by atoms with Crippen molar-refractivity contribution in [1.82, 2.24) is 19.5 Å². The van der Waals surface area contributed by atoms with Crippen LogP contribution in [0.3, 0.4) is 0 Å². The molecule has 0 aliphatic rings. The van der Waals surface area contributed by atoms with E-state index in [0.29, 0.717) is 16.4 Å². The zero-order valence-corrected chi connectivity index (χ0v) is 14.6. The molecular weight excluding hydrogens is 371 g/mol. The predicted molar refractivity (Wildman–Crippen MR) is 91.8 cm³/mol. The van der Waals surface area contributed by atoms with Gasteiger partial charge in [-0.05, 0) is 35.9 Å². The Hall–Kier alpha value is -1.93. The lowest BCUT2D eigenvalue weighted by Crippen LogP contribution is -2.23. The van der Waals surface area contributed by atoms with Crippen LogP contribution in [0.1, 0.15) is 5.56 Å². The molecule has 0 saturated heterocycles. The number of rotatable bonds is 5. The highest BCUT2D eigenvalue weighted by Gasteiger charge is 2.18. The Morgan fingerprint density at radius 3 is 2.67 bits per heavy atom. The Kier molecular flexibility index (Phi) is 4.86. The zero-order chi connectivity index (χ0) is 17.2. The molecule has 6 nitrogen and oxygen atoms in total. The Morgan fingerprint density at radius 1 is 1.17 bits per heavy atom. The fourth-order valence-electron chi connectivity index (χ4n) is 2.00. The average Bonchev–Trinajstić information content (AvgIpc) is 3.10. The van der Waals surface area contributed by atoms with Crippen LogP contribution in [0.5, 0.6) is 0 Å². The molecule has 0 radical (unpaired) electrons. The van der Waals surface area contributed by atoms with Gasteiger partial charge in [0.15, 0.2) is 5.82 Å². The van der Waals surface area contributed by atoms with Gasteiger partial charge in [-0.15, -0.1) is 0 Å². The van der Waals surface area contributed by atoms with Gasteiger partial charge in [0.05, 0.1) is 5.02 Å². The highest BCUT2D eigenvalue weighted by molar-refractivity contribution is 7.89. The highest BCUT2D eigenvalue weighted by Crippen LogP contribution is 2.24. The van der Waals surface area contributed by atoms with Crippen LogP contribution in [0, 0.1) is 0 Å². The summed E-state index contributed by atoms with van der Waals surface area (Å²) in [6, 6.07) is 9.60. The molecule has 3 aromatic rings. The zero-order valence-electron chi connectivity index (χ0n) is 12.2. The molecule has 0 aliphatic carbocycles. The first kappa shape index (κ1) is 16.9. The summed E-state index contributed by atoms with van der Waals surface area (Å²) in [5.41, 5.74) is 0.702. The van der Waals surface area contributed by atoms with E-state index in [0.717, 1.165) is 0 Å². The van der Waals surface area contributed by atoms with Crippen LogP contribution in [-0.4, -0.2) is 23.2 Å². The number of nitrogens with zero attached hydrogens (tertiary/aromatic N) is 3. The van der Waals surface area contributed by atoms with Crippen molar-refractivity contribution in [3.63, 3.8) is 0 Å². The minimum atomic E-state index is -3.78. The van der Waals surface area contributed by atoms with Gasteiger partial charge in [0.25, 0.3) is 0 Å². The van der Waals surface area contributed by atoms with Crippen LogP contribution in [0.25, 0.3) is 5.82 Å². The number of halogens is 2. The standard InChI is InChI=1S/C15H12Cl2N4O2S/c16-12-3-4-13(17)14(8-12)24(22,23)20-10-11-2-5-15(18-9-11)21-7-1-6-19-21/h1-9,20H,10H2. The molecule has 0 spiro atoms. The Bertz CT molecular complexity index is 942. The number of nitrogens with one attached hydrogen (secondary N) is 1. The number of pyridine rings is 1. The smallest absolute Gasteiger partial charge is 0.237 e. The maximum Gasteiger partial charge on any atom is 0.242 e. The van der Waals surface area contributed by atoms with Crippen molar-refractivity contribution < 1.29 is 8.42 Å². The lowest BCUT2D eigenvalue weighted by Gasteiger charge is -2.09. The third-order valence-corrected chi connectivity index (χ3v) is 5.32. The molecule has 9 heteroatoms. The summed E-state index contributed by atoms with van der Waals surface area (Å²) in [6.07, 6.45) is 5.00. The molecule has 24 heavy (non-hydrogen) atoms. The van der Waals surface area contributed by atoms with Crippen molar-refractivity contribution in [3.05, 3.63) is 70.6 Å². The van der Waals surface area contributed by atoms with E-state index in [1.807, 2.05) is 0 Å². The molecule has 0 bridgehead atoms. The van der Waals surface area contributed by atoms with Crippen LogP contribution < -0.4 is 4.72 Å². The Morgan fingerprint density at radius 2 is 2.00 bits per heavy atom. The van der Waals surface area contributed by atoms with Crippen molar-refractivity contribution >= 4 is 33.2 Å². The molecule has 0 atom stereocenters. The summed E-state index contributed by atoms with van der Waals surface area (Å²) >= 11 is 11.8. The second kappa shape index (κ2) is 6.90. The summed E-state index contributed by atoms with van der Waals surface area (Å²) in [5.74, 6) is 0.643. The maximum absolute atomic E-state index is 12.3. The summed E-state index contributed by atoms with van der Waals surface area (Å²) in [5, 5.41) is 4.48. The Labute approximate surface area is 149 Å². The first-order valence-corrected chi connectivity index (χ1v) is 9.09. The molecule has 0 aliphatic heterocycles. The molecule has 0 amide bonds. The third-order valence-electron chi connectivity index (χ3n) is 3.20. The summed E-state index contributed by atoms with van der Waals surface area (Å²) in [6.45, 7) is 0.0809. The van der Waals surface area contributed by atoms with Gasteiger partial charge in [0, 0.05) is 30.2 Å². The van der Waals surface area contributed by atoms with E-state index >= 15 is 0 Å². The second-order valence-electron chi connectivity index (χ2n) is 4.87. The molecular formula is C15H12Cl2N4O2S. The average molecular weight is 383 g/mol. The van der Waals surface area contributed by atoms with Gasteiger partial charge in [-0.2, -0.15) is 5.10 Å². The maximum atomic E-state index is 12.3. The first-order chi connectivity index (χ1) is 11.5. The fourth-order valence-corrected chi connectivity index (χ4v) is 3.78. The molecule has 2 aromatic heterocycles. The minimum absolute atomic E-state index is 0.0576. The summed E-state index contributed by atoms with van der Waals surface area (Å²) in [7, 11) is -3.78. The van der Waals surface area contributed by atoms with E-state index in [4.69, 9.17) is 23.2 Å².